The molecule has 0 spiro atoms. The predicted octanol–water partition coefficient (Wildman–Crippen LogP) is 2.79. The Morgan fingerprint density at radius 1 is 1.11 bits per heavy atom. The molecule has 2 aliphatic rings. The highest BCUT2D eigenvalue weighted by atomic mass is 16.5. The molecule has 0 aromatic carbocycles. The molecule has 2 fully saturated rings. The fourth-order valence-corrected chi connectivity index (χ4v) is 4.05. The van der Waals surface area contributed by atoms with Crippen LogP contribution in [0.1, 0.15) is 57.8 Å². The van der Waals surface area contributed by atoms with Crippen molar-refractivity contribution in [2.24, 2.45) is 11.7 Å². The van der Waals surface area contributed by atoms with Gasteiger partial charge in [-0.25, -0.2) is 0 Å². The molecule has 1 saturated heterocycles. The summed E-state index contributed by atoms with van der Waals surface area (Å²) >= 11 is 0. The van der Waals surface area contributed by atoms with Crippen LogP contribution in [0.5, 0.6) is 0 Å². The van der Waals surface area contributed by atoms with Crippen LogP contribution in [0, 0.1) is 5.92 Å². The topological polar surface area (TPSA) is 38.5 Å². The van der Waals surface area contributed by atoms with Crippen molar-refractivity contribution in [3.8, 4) is 0 Å². The molecular formula is C16H32N2O. The van der Waals surface area contributed by atoms with Crippen molar-refractivity contribution in [1.29, 1.82) is 0 Å². The maximum atomic E-state index is 6.70. The summed E-state index contributed by atoms with van der Waals surface area (Å²) in [6, 6.07) is 0.323. The molecule has 1 heterocycles. The van der Waals surface area contributed by atoms with E-state index in [1.54, 1.807) is 0 Å². The number of hydrogen-bond acceptors (Lipinski definition) is 3. The minimum absolute atomic E-state index is 0.245. The smallest absolute Gasteiger partial charge is 0.0468 e. The van der Waals surface area contributed by atoms with Gasteiger partial charge in [0.2, 0.25) is 0 Å². The maximum absolute atomic E-state index is 6.70. The van der Waals surface area contributed by atoms with Crippen LogP contribution in [0.25, 0.3) is 0 Å². The molecule has 1 aliphatic carbocycles. The van der Waals surface area contributed by atoms with Crippen LogP contribution in [-0.4, -0.2) is 43.8 Å². The standard InChI is InChI=1S/C16H32N2O/c1-18(2)16(9-5-3-4-6-10-16)15(17)13-14-7-11-19-12-8-14/h14-15H,3-13,17H2,1-2H3. The molecule has 1 unspecified atom stereocenters. The first-order valence-electron chi connectivity index (χ1n) is 8.16. The van der Waals surface area contributed by atoms with Gasteiger partial charge in [0.25, 0.3) is 0 Å². The van der Waals surface area contributed by atoms with Crippen LogP contribution in [0.4, 0.5) is 0 Å². The second kappa shape index (κ2) is 7.05. The third-order valence-corrected chi connectivity index (χ3v) is 5.48. The van der Waals surface area contributed by atoms with Gasteiger partial charge in [-0.3, -0.25) is 0 Å². The number of nitrogens with zero attached hydrogens (tertiary/aromatic N) is 1. The summed E-state index contributed by atoms with van der Waals surface area (Å²) in [5, 5.41) is 0. The largest absolute Gasteiger partial charge is 0.381 e. The van der Waals surface area contributed by atoms with E-state index >= 15 is 0 Å². The molecule has 3 nitrogen and oxygen atoms in total. The number of nitrogens with two attached hydrogens (primary N) is 1. The molecule has 0 aromatic heterocycles. The third kappa shape index (κ3) is 3.71. The molecule has 112 valence electrons. The number of rotatable bonds is 4. The zero-order chi connectivity index (χ0) is 13.7. The molecule has 0 radical (unpaired) electrons. The number of ether oxygens (including phenoxy) is 1. The van der Waals surface area contributed by atoms with Gasteiger partial charge in [0.05, 0.1) is 0 Å². The highest BCUT2D eigenvalue weighted by molar-refractivity contribution is 4.99. The second-order valence-electron chi connectivity index (χ2n) is 6.81. The third-order valence-electron chi connectivity index (χ3n) is 5.48. The average molecular weight is 268 g/mol. The monoisotopic (exact) mass is 268 g/mol. The Labute approximate surface area is 118 Å². The van der Waals surface area contributed by atoms with E-state index in [2.05, 4.69) is 19.0 Å². The zero-order valence-corrected chi connectivity index (χ0v) is 12.9. The first kappa shape index (κ1) is 15.3. The molecule has 2 rings (SSSR count). The minimum atomic E-state index is 0.245. The molecule has 2 N–H and O–H groups in total. The Morgan fingerprint density at radius 2 is 1.68 bits per heavy atom. The van der Waals surface area contributed by atoms with Crippen molar-refractivity contribution in [2.45, 2.75) is 69.4 Å². The fraction of sp³-hybridized carbons (Fsp3) is 1.00. The van der Waals surface area contributed by atoms with E-state index in [9.17, 15) is 0 Å². The lowest BCUT2D eigenvalue weighted by Crippen LogP contribution is -2.57. The van der Waals surface area contributed by atoms with E-state index in [1.165, 1.54) is 57.8 Å². The second-order valence-corrected chi connectivity index (χ2v) is 6.81. The van der Waals surface area contributed by atoms with Gasteiger partial charge in [0, 0.05) is 24.8 Å². The van der Waals surface area contributed by atoms with E-state index in [1.807, 2.05) is 0 Å². The molecule has 0 amide bonds. The highest BCUT2D eigenvalue weighted by Gasteiger charge is 2.39. The van der Waals surface area contributed by atoms with E-state index in [4.69, 9.17) is 10.5 Å². The van der Waals surface area contributed by atoms with Crippen LogP contribution in [0.3, 0.4) is 0 Å². The molecular weight excluding hydrogens is 236 g/mol. The SMILES string of the molecule is CN(C)C1(C(N)CC2CCOCC2)CCCCCC1. The number of likely N-dealkylation sites (N-methyl/N-ethyl adjacent to an activating group) is 1. The van der Waals surface area contributed by atoms with Gasteiger partial charge in [0.15, 0.2) is 0 Å². The predicted molar refractivity (Wildman–Crippen MR) is 80.3 cm³/mol. The van der Waals surface area contributed by atoms with E-state index in [0.717, 1.165) is 19.1 Å². The summed E-state index contributed by atoms with van der Waals surface area (Å²) in [5.74, 6) is 0.781. The summed E-state index contributed by atoms with van der Waals surface area (Å²) in [6.07, 6.45) is 11.6. The molecule has 0 bridgehead atoms. The Morgan fingerprint density at radius 3 is 2.21 bits per heavy atom. The zero-order valence-electron chi connectivity index (χ0n) is 12.9. The van der Waals surface area contributed by atoms with Crippen molar-refractivity contribution in [3.05, 3.63) is 0 Å². The number of hydrogen-bond donors (Lipinski definition) is 1. The minimum Gasteiger partial charge on any atom is -0.381 e. The van der Waals surface area contributed by atoms with Gasteiger partial charge in [0.1, 0.15) is 0 Å². The summed E-state index contributed by atoms with van der Waals surface area (Å²) in [6.45, 7) is 1.87. The quantitative estimate of drug-likeness (QED) is 0.797. The Hall–Kier alpha value is -0.120. The molecule has 1 aliphatic heterocycles. The first-order chi connectivity index (χ1) is 9.15. The van der Waals surface area contributed by atoms with Crippen LogP contribution < -0.4 is 5.73 Å². The van der Waals surface area contributed by atoms with Gasteiger partial charge in [-0.05, 0) is 52.1 Å². The summed E-state index contributed by atoms with van der Waals surface area (Å²) < 4.78 is 5.47. The Kier molecular flexibility index (Phi) is 5.67. The van der Waals surface area contributed by atoms with Gasteiger partial charge < -0.3 is 15.4 Å². The maximum Gasteiger partial charge on any atom is 0.0468 e. The van der Waals surface area contributed by atoms with Crippen molar-refractivity contribution in [1.82, 2.24) is 4.90 Å². The van der Waals surface area contributed by atoms with Crippen molar-refractivity contribution < 1.29 is 4.74 Å². The summed E-state index contributed by atoms with van der Waals surface area (Å²) in [4.78, 5) is 2.43. The molecule has 1 atom stereocenters. The van der Waals surface area contributed by atoms with Crippen LogP contribution in [0.15, 0.2) is 0 Å². The van der Waals surface area contributed by atoms with Crippen LogP contribution in [-0.2, 0) is 4.74 Å². The lowest BCUT2D eigenvalue weighted by atomic mass is 9.77. The Bertz CT molecular complexity index is 253. The van der Waals surface area contributed by atoms with Gasteiger partial charge >= 0.3 is 0 Å². The summed E-state index contributed by atoms with van der Waals surface area (Å²) in [5.41, 5.74) is 6.95. The molecule has 3 heteroatoms. The van der Waals surface area contributed by atoms with Gasteiger partial charge in [-0.1, -0.05) is 25.7 Å². The van der Waals surface area contributed by atoms with Crippen LogP contribution >= 0.6 is 0 Å². The first-order valence-corrected chi connectivity index (χ1v) is 8.16. The normalized spacial score (nSPS) is 27.2. The van der Waals surface area contributed by atoms with Crippen molar-refractivity contribution in [3.63, 3.8) is 0 Å². The van der Waals surface area contributed by atoms with E-state index in [-0.39, 0.29) is 5.54 Å². The molecule has 1 saturated carbocycles. The van der Waals surface area contributed by atoms with Crippen molar-refractivity contribution in [2.75, 3.05) is 27.3 Å². The summed E-state index contributed by atoms with van der Waals surface area (Å²) in [7, 11) is 4.46. The van der Waals surface area contributed by atoms with Crippen LogP contribution in [0.2, 0.25) is 0 Å². The molecule has 19 heavy (non-hydrogen) atoms. The average Bonchev–Trinajstić information content (AvgIpc) is 2.66. The lowest BCUT2D eigenvalue weighted by molar-refractivity contribution is 0.0418. The van der Waals surface area contributed by atoms with E-state index in [0.29, 0.717) is 6.04 Å². The van der Waals surface area contributed by atoms with Gasteiger partial charge in [-0.15, -0.1) is 0 Å². The fourth-order valence-electron chi connectivity index (χ4n) is 4.05. The van der Waals surface area contributed by atoms with Gasteiger partial charge in [-0.2, -0.15) is 0 Å². The lowest BCUT2D eigenvalue weighted by Gasteiger charge is -2.45. The van der Waals surface area contributed by atoms with E-state index < -0.39 is 0 Å². The highest BCUT2D eigenvalue weighted by Crippen LogP contribution is 2.36. The Balaban J connectivity index is 2.00. The molecule has 0 aromatic rings. The van der Waals surface area contributed by atoms with Crippen molar-refractivity contribution >= 4 is 0 Å².